The van der Waals surface area contributed by atoms with E-state index in [4.69, 9.17) is 9.47 Å². The van der Waals surface area contributed by atoms with Crippen molar-refractivity contribution in [2.75, 3.05) is 25.6 Å². The molecule has 1 N–H and O–H groups in total. The fourth-order valence-electron chi connectivity index (χ4n) is 1.69. The Kier molecular flexibility index (Phi) is 6.57. The van der Waals surface area contributed by atoms with E-state index in [2.05, 4.69) is 10.1 Å². The van der Waals surface area contributed by atoms with Crippen molar-refractivity contribution in [2.24, 2.45) is 0 Å². The maximum absolute atomic E-state index is 11.1. The first-order valence-electron chi connectivity index (χ1n) is 6.48. The van der Waals surface area contributed by atoms with Gasteiger partial charge in [-0.1, -0.05) is 13.8 Å². The monoisotopic (exact) mass is 298 g/mol. The Labute approximate surface area is 122 Å². The second kappa shape index (κ2) is 8.18. The zero-order valence-electron chi connectivity index (χ0n) is 12.1. The van der Waals surface area contributed by atoms with Crippen molar-refractivity contribution >= 4 is 17.5 Å². The number of ether oxygens (including phenoxy) is 3. The van der Waals surface area contributed by atoms with Crippen LogP contribution < -0.4 is 5.32 Å². The molecule has 0 bridgehead atoms. The third kappa shape index (κ3) is 4.40. The van der Waals surface area contributed by atoms with Crippen molar-refractivity contribution in [1.82, 2.24) is 0 Å². The summed E-state index contributed by atoms with van der Waals surface area (Å²) in [6.45, 7) is 4.79. The number of nitrogens with zero attached hydrogens (tertiary/aromatic N) is 1. The first-order chi connectivity index (χ1) is 10.1. The van der Waals surface area contributed by atoms with Gasteiger partial charge >= 0.3 is 6.09 Å². The Hall–Kier alpha value is -2.19. The van der Waals surface area contributed by atoms with Crippen molar-refractivity contribution in [3.05, 3.63) is 33.9 Å². The van der Waals surface area contributed by atoms with Gasteiger partial charge in [-0.2, -0.15) is 0 Å². The van der Waals surface area contributed by atoms with E-state index in [0.29, 0.717) is 18.8 Å². The van der Waals surface area contributed by atoms with Gasteiger partial charge in [0.25, 0.3) is 5.69 Å². The van der Waals surface area contributed by atoms with Gasteiger partial charge < -0.3 is 14.2 Å². The fraction of sp³-hybridized carbons (Fsp3) is 0.462. The van der Waals surface area contributed by atoms with E-state index in [1.165, 1.54) is 25.3 Å². The molecule has 1 aliphatic heterocycles. The van der Waals surface area contributed by atoms with Crippen molar-refractivity contribution < 1.29 is 23.9 Å². The van der Waals surface area contributed by atoms with Crippen molar-refractivity contribution in [3.63, 3.8) is 0 Å². The summed E-state index contributed by atoms with van der Waals surface area (Å²) >= 11 is 0. The number of hydrogen-bond acceptors (Lipinski definition) is 6. The zero-order valence-corrected chi connectivity index (χ0v) is 12.1. The minimum absolute atomic E-state index is 0.180. The smallest absolute Gasteiger partial charge is 0.411 e. The number of amides is 1. The first kappa shape index (κ1) is 16.9. The number of nitro groups is 1. The molecule has 0 atom stereocenters. The normalized spacial score (nSPS) is 14.0. The van der Waals surface area contributed by atoms with Crippen LogP contribution in [0.4, 0.5) is 16.2 Å². The van der Waals surface area contributed by atoms with Crippen LogP contribution in [0.5, 0.6) is 0 Å². The largest absolute Gasteiger partial charge is 0.453 e. The van der Waals surface area contributed by atoms with Crippen LogP contribution in [0.1, 0.15) is 25.7 Å². The third-order valence-electron chi connectivity index (χ3n) is 2.53. The Morgan fingerprint density at radius 2 is 2.00 bits per heavy atom. The van der Waals surface area contributed by atoms with Crippen LogP contribution in [-0.2, 0) is 14.2 Å². The molecule has 1 aromatic rings. The summed E-state index contributed by atoms with van der Waals surface area (Å²) in [5, 5.41) is 13.4. The van der Waals surface area contributed by atoms with Crippen LogP contribution in [0, 0.1) is 10.1 Å². The molecular formula is C13H18N2O6. The minimum Gasteiger partial charge on any atom is -0.453 e. The molecule has 0 spiro atoms. The van der Waals surface area contributed by atoms with Crippen molar-refractivity contribution in [1.29, 1.82) is 0 Å². The van der Waals surface area contributed by atoms with Crippen LogP contribution in [0.2, 0.25) is 0 Å². The van der Waals surface area contributed by atoms with Gasteiger partial charge in [0, 0.05) is 6.07 Å². The number of methoxy groups -OCH3 is 1. The third-order valence-corrected chi connectivity index (χ3v) is 2.53. The predicted octanol–water partition coefficient (Wildman–Crippen LogP) is 2.84. The van der Waals surface area contributed by atoms with Gasteiger partial charge in [0.1, 0.15) is 0 Å². The Balaban J connectivity index is 0.00000106. The molecular weight excluding hydrogens is 280 g/mol. The Morgan fingerprint density at radius 1 is 1.38 bits per heavy atom. The Bertz CT molecular complexity index is 499. The molecule has 1 aromatic carbocycles. The summed E-state index contributed by atoms with van der Waals surface area (Å²) in [6, 6.07) is 4.24. The zero-order chi connectivity index (χ0) is 15.8. The molecule has 1 saturated heterocycles. The van der Waals surface area contributed by atoms with E-state index in [0.717, 1.165) is 0 Å². The lowest BCUT2D eigenvalue weighted by Crippen LogP contribution is -2.12. The summed E-state index contributed by atoms with van der Waals surface area (Å²) in [6.07, 6.45) is -1.44. The molecule has 1 aliphatic rings. The standard InChI is InChI=1S/C11H12N2O6.C2H6/c1-17-11(14)12-7-2-3-8(9(6-7)13(15)16)10-18-4-5-19-10;1-2/h2-3,6,10H,4-5H2,1H3,(H,12,14);1-2H3. The molecule has 1 fully saturated rings. The van der Waals surface area contributed by atoms with Gasteiger partial charge in [-0.25, -0.2) is 4.79 Å². The van der Waals surface area contributed by atoms with Crippen LogP contribution in [-0.4, -0.2) is 31.3 Å². The Morgan fingerprint density at radius 3 is 2.52 bits per heavy atom. The van der Waals surface area contributed by atoms with Crippen molar-refractivity contribution in [3.8, 4) is 0 Å². The van der Waals surface area contributed by atoms with Gasteiger partial charge in [0.15, 0.2) is 6.29 Å². The number of rotatable bonds is 3. The number of benzene rings is 1. The van der Waals surface area contributed by atoms with E-state index in [-0.39, 0.29) is 11.4 Å². The maximum Gasteiger partial charge on any atom is 0.411 e. The van der Waals surface area contributed by atoms with E-state index in [1.807, 2.05) is 13.8 Å². The molecule has 8 heteroatoms. The van der Waals surface area contributed by atoms with Gasteiger partial charge in [-0.3, -0.25) is 15.4 Å². The average molecular weight is 298 g/mol. The van der Waals surface area contributed by atoms with Crippen LogP contribution in [0.3, 0.4) is 0 Å². The van der Waals surface area contributed by atoms with Gasteiger partial charge in [0.05, 0.1) is 36.5 Å². The summed E-state index contributed by atoms with van der Waals surface area (Å²) in [4.78, 5) is 21.5. The summed E-state index contributed by atoms with van der Waals surface area (Å²) in [5.74, 6) is 0. The molecule has 21 heavy (non-hydrogen) atoms. The highest BCUT2D eigenvalue weighted by molar-refractivity contribution is 5.85. The fourth-order valence-corrected chi connectivity index (χ4v) is 1.69. The van der Waals surface area contributed by atoms with Gasteiger partial charge in [-0.05, 0) is 12.1 Å². The SMILES string of the molecule is CC.COC(=O)Nc1ccc(C2OCCO2)c([N+](=O)[O-])c1. The van der Waals surface area contributed by atoms with Gasteiger partial charge in [-0.15, -0.1) is 0 Å². The van der Waals surface area contributed by atoms with Crippen LogP contribution in [0.25, 0.3) is 0 Å². The number of carbonyl (C=O) groups excluding carboxylic acids is 1. The molecule has 0 unspecified atom stereocenters. The highest BCUT2D eigenvalue weighted by atomic mass is 16.7. The molecule has 116 valence electrons. The number of hydrogen-bond donors (Lipinski definition) is 1. The quantitative estimate of drug-likeness (QED) is 0.680. The van der Waals surface area contributed by atoms with Crippen molar-refractivity contribution in [2.45, 2.75) is 20.1 Å². The molecule has 1 heterocycles. The van der Waals surface area contributed by atoms with Gasteiger partial charge in [0.2, 0.25) is 0 Å². The molecule has 0 aromatic heterocycles. The molecule has 2 rings (SSSR count). The lowest BCUT2D eigenvalue weighted by Gasteiger charge is -2.11. The highest BCUT2D eigenvalue weighted by Crippen LogP contribution is 2.33. The summed E-state index contributed by atoms with van der Waals surface area (Å²) < 4.78 is 14.9. The minimum atomic E-state index is -0.743. The number of carbonyl (C=O) groups is 1. The maximum atomic E-state index is 11.1. The lowest BCUT2D eigenvalue weighted by molar-refractivity contribution is -0.386. The second-order valence-corrected chi connectivity index (χ2v) is 3.72. The van der Waals surface area contributed by atoms with Crippen LogP contribution in [0.15, 0.2) is 18.2 Å². The van der Waals surface area contributed by atoms with E-state index in [9.17, 15) is 14.9 Å². The second-order valence-electron chi connectivity index (χ2n) is 3.72. The topological polar surface area (TPSA) is 99.9 Å². The molecule has 8 nitrogen and oxygen atoms in total. The summed E-state index contributed by atoms with van der Waals surface area (Å²) in [5.41, 5.74) is 0.402. The average Bonchev–Trinajstić information content (AvgIpc) is 3.03. The highest BCUT2D eigenvalue weighted by Gasteiger charge is 2.27. The number of nitro benzene ring substituents is 1. The number of anilines is 1. The van der Waals surface area contributed by atoms with Crippen LogP contribution >= 0.6 is 0 Å². The molecule has 0 aliphatic carbocycles. The lowest BCUT2D eigenvalue weighted by atomic mass is 10.1. The molecule has 0 radical (unpaired) electrons. The summed E-state index contributed by atoms with van der Waals surface area (Å²) in [7, 11) is 1.21. The first-order valence-corrected chi connectivity index (χ1v) is 6.48. The van der Waals surface area contributed by atoms with E-state index < -0.39 is 17.3 Å². The molecule has 0 saturated carbocycles. The number of nitrogens with one attached hydrogen (secondary N) is 1. The molecule has 1 amide bonds. The predicted molar refractivity (Wildman–Crippen MR) is 75.1 cm³/mol. The van der Waals surface area contributed by atoms with E-state index in [1.54, 1.807) is 0 Å². The van der Waals surface area contributed by atoms with E-state index >= 15 is 0 Å².